The standard InChI is InChI=1S/C21H19N3O2S/c1-15-6-7-16(2)21(12-15)27(25,26)24-19-10-8-18(9-11-19)23-20-5-3-4-17(13-20)14-22/h3-13,23-24H,1-2H3. The van der Waals surface area contributed by atoms with Gasteiger partial charge in [-0.1, -0.05) is 18.2 Å². The molecular weight excluding hydrogens is 358 g/mol. The summed E-state index contributed by atoms with van der Waals surface area (Å²) in [7, 11) is -3.65. The van der Waals surface area contributed by atoms with E-state index >= 15 is 0 Å². The molecule has 3 aromatic rings. The predicted molar refractivity (Wildman–Crippen MR) is 108 cm³/mol. The van der Waals surface area contributed by atoms with Crippen LogP contribution in [0.25, 0.3) is 0 Å². The first-order chi connectivity index (χ1) is 12.9. The summed E-state index contributed by atoms with van der Waals surface area (Å²) in [6.45, 7) is 3.64. The third kappa shape index (κ3) is 4.46. The van der Waals surface area contributed by atoms with Gasteiger partial charge in [0.1, 0.15) is 0 Å². The number of hydrogen-bond acceptors (Lipinski definition) is 4. The van der Waals surface area contributed by atoms with Crippen LogP contribution in [0.15, 0.2) is 71.6 Å². The SMILES string of the molecule is Cc1ccc(C)c(S(=O)(=O)Nc2ccc(Nc3cccc(C#N)c3)cc2)c1. The van der Waals surface area contributed by atoms with Crippen molar-refractivity contribution in [3.05, 3.63) is 83.4 Å². The maximum atomic E-state index is 12.7. The summed E-state index contributed by atoms with van der Waals surface area (Å²) in [6.07, 6.45) is 0. The van der Waals surface area contributed by atoms with E-state index in [2.05, 4.69) is 16.1 Å². The fraction of sp³-hybridized carbons (Fsp3) is 0.0952. The van der Waals surface area contributed by atoms with Crippen LogP contribution in [0.2, 0.25) is 0 Å². The lowest BCUT2D eigenvalue weighted by molar-refractivity contribution is 0.600. The number of nitriles is 1. The number of nitrogens with zero attached hydrogens (tertiary/aromatic N) is 1. The molecular formula is C21H19N3O2S. The molecule has 0 radical (unpaired) electrons. The molecule has 0 amide bonds. The van der Waals surface area contributed by atoms with Crippen LogP contribution in [0, 0.1) is 25.2 Å². The Morgan fingerprint density at radius 2 is 1.56 bits per heavy atom. The summed E-state index contributed by atoms with van der Waals surface area (Å²) in [4.78, 5) is 0.276. The van der Waals surface area contributed by atoms with Crippen molar-refractivity contribution in [2.75, 3.05) is 10.0 Å². The van der Waals surface area contributed by atoms with Crippen LogP contribution >= 0.6 is 0 Å². The number of benzene rings is 3. The van der Waals surface area contributed by atoms with Crippen molar-refractivity contribution in [1.29, 1.82) is 5.26 Å². The van der Waals surface area contributed by atoms with E-state index in [0.29, 0.717) is 16.8 Å². The van der Waals surface area contributed by atoms with Gasteiger partial charge in [0, 0.05) is 17.1 Å². The Labute approximate surface area is 159 Å². The first kappa shape index (κ1) is 18.5. The van der Waals surface area contributed by atoms with Crippen LogP contribution in [0.3, 0.4) is 0 Å². The Morgan fingerprint density at radius 3 is 2.26 bits per heavy atom. The van der Waals surface area contributed by atoms with Gasteiger partial charge in [0.2, 0.25) is 0 Å². The number of anilines is 3. The fourth-order valence-electron chi connectivity index (χ4n) is 2.66. The summed E-state index contributed by atoms with van der Waals surface area (Å²) in [6, 6.07) is 21.5. The van der Waals surface area contributed by atoms with Crippen molar-refractivity contribution in [2.45, 2.75) is 18.7 Å². The van der Waals surface area contributed by atoms with E-state index in [4.69, 9.17) is 5.26 Å². The number of sulfonamides is 1. The molecule has 5 nitrogen and oxygen atoms in total. The highest BCUT2D eigenvalue weighted by atomic mass is 32.2. The molecule has 0 aliphatic heterocycles. The van der Waals surface area contributed by atoms with Crippen molar-refractivity contribution in [3.8, 4) is 6.07 Å². The minimum Gasteiger partial charge on any atom is -0.355 e. The van der Waals surface area contributed by atoms with Crippen LogP contribution in [0.1, 0.15) is 16.7 Å². The van der Waals surface area contributed by atoms with Crippen LogP contribution in [0.4, 0.5) is 17.1 Å². The monoisotopic (exact) mass is 377 g/mol. The van der Waals surface area contributed by atoms with Crippen LogP contribution in [-0.4, -0.2) is 8.42 Å². The van der Waals surface area contributed by atoms with Gasteiger partial charge in [-0.2, -0.15) is 5.26 Å². The molecule has 0 bridgehead atoms. The van der Waals surface area contributed by atoms with E-state index in [0.717, 1.165) is 16.9 Å². The molecule has 0 aliphatic rings. The van der Waals surface area contributed by atoms with Gasteiger partial charge in [-0.25, -0.2) is 8.42 Å². The third-order valence-corrected chi connectivity index (χ3v) is 5.57. The second-order valence-electron chi connectivity index (χ2n) is 6.27. The minimum absolute atomic E-state index is 0.276. The first-order valence-electron chi connectivity index (χ1n) is 8.35. The second-order valence-corrected chi connectivity index (χ2v) is 7.92. The van der Waals surface area contributed by atoms with Crippen LogP contribution in [-0.2, 0) is 10.0 Å². The zero-order chi connectivity index (χ0) is 19.4. The molecule has 0 saturated carbocycles. The maximum absolute atomic E-state index is 12.7. The molecule has 0 heterocycles. The van der Waals surface area contributed by atoms with E-state index < -0.39 is 10.0 Å². The van der Waals surface area contributed by atoms with Crippen LogP contribution < -0.4 is 10.0 Å². The van der Waals surface area contributed by atoms with Gasteiger partial charge >= 0.3 is 0 Å². The number of aryl methyl sites for hydroxylation is 2. The number of nitrogens with one attached hydrogen (secondary N) is 2. The molecule has 0 aliphatic carbocycles. The summed E-state index contributed by atoms with van der Waals surface area (Å²) in [5, 5.41) is 12.1. The predicted octanol–water partition coefficient (Wildman–Crippen LogP) is 4.72. The van der Waals surface area contributed by atoms with Crippen molar-refractivity contribution in [3.63, 3.8) is 0 Å². The van der Waals surface area contributed by atoms with E-state index in [-0.39, 0.29) is 4.90 Å². The number of rotatable bonds is 5. The molecule has 0 atom stereocenters. The number of hydrogen-bond donors (Lipinski definition) is 2. The lowest BCUT2D eigenvalue weighted by atomic mass is 10.2. The summed E-state index contributed by atoms with van der Waals surface area (Å²) >= 11 is 0. The maximum Gasteiger partial charge on any atom is 0.262 e. The topological polar surface area (TPSA) is 82.0 Å². The largest absolute Gasteiger partial charge is 0.355 e. The van der Waals surface area contributed by atoms with E-state index in [1.807, 2.05) is 19.1 Å². The molecule has 136 valence electrons. The smallest absolute Gasteiger partial charge is 0.262 e. The van der Waals surface area contributed by atoms with Crippen molar-refractivity contribution >= 4 is 27.1 Å². The Kier molecular flexibility index (Phi) is 5.15. The van der Waals surface area contributed by atoms with Gasteiger partial charge in [-0.3, -0.25) is 4.72 Å². The lowest BCUT2D eigenvalue weighted by Crippen LogP contribution is -2.14. The highest BCUT2D eigenvalue weighted by Crippen LogP contribution is 2.23. The summed E-state index contributed by atoms with van der Waals surface area (Å²) < 4.78 is 27.9. The molecule has 2 N–H and O–H groups in total. The molecule has 6 heteroatoms. The zero-order valence-electron chi connectivity index (χ0n) is 15.0. The Morgan fingerprint density at radius 1 is 0.852 bits per heavy atom. The van der Waals surface area contributed by atoms with Gasteiger partial charge in [-0.15, -0.1) is 0 Å². The van der Waals surface area contributed by atoms with Crippen molar-refractivity contribution < 1.29 is 8.42 Å². The molecule has 27 heavy (non-hydrogen) atoms. The Bertz CT molecular complexity index is 1110. The average molecular weight is 377 g/mol. The molecule has 0 spiro atoms. The normalized spacial score (nSPS) is 10.9. The minimum atomic E-state index is -3.65. The Balaban J connectivity index is 1.77. The molecule has 0 saturated heterocycles. The zero-order valence-corrected chi connectivity index (χ0v) is 15.8. The van der Waals surface area contributed by atoms with Gasteiger partial charge < -0.3 is 5.32 Å². The quantitative estimate of drug-likeness (QED) is 0.674. The van der Waals surface area contributed by atoms with Crippen LogP contribution in [0.5, 0.6) is 0 Å². The van der Waals surface area contributed by atoms with Gasteiger partial charge in [0.15, 0.2) is 0 Å². The van der Waals surface area contributed by atoms with Gasteiger partial charge in [-0.05, 0) is 73.5 Å². The summed E-state index contributed by atoms with van der Waals surface area (Å²) in [5.74, 6) is 0. The Hall–Kier alpha value is -3.30. The molecule has 3 aromatic carbocycles. The molecule has 0 unspecified atom stereocenters. The molecule has 0 aromatic heterocycles. The average Bonchev–Trinajstić information content (AvgIpc) is 2.65. The van der Waals surface area contributed by atoms with E-state index in [1.165, 1.54) is 0 Å². The van der Waals surface area contributed by atoms with Gasteiger partial charge in [0.25, 0.3) is 10.0 Å². The van der Waals surface area contributed by atoms with Crippen molar-refractivity contribution in [1.82, 2.24) is 0 Å². The highest BCUT2D eigenvalue weighted by molar-refractivity contribution is 7.92. The fourth-order valence-corrected chi connectivity index (χ4v) is 4.05. The third-order valence-electron chi connectivity index (χ3n) is 4.05. The molecule has 3 rings (SSSR count). The van der Waals surface area contributed by atoms with Gasteiger partial charge in [0.05, 0.1) is 16.5 Å². The van der Waals surface area contributed by atoms with Crippen molar-refractivity contribution in [2.24, 2.45) is 0 Å². The first-order valence-corrected chi connectivity index (χ1v) is 9.83. The second kappa shape index (κ2) is 7.52. The molecule has 0 fully saturated rings. The lowest BCUT2D eigenvalue weighted by Gasteiger charge is -2.12. The van der Waals surface area contributed by atoms with E-state index in [1.54, 1.807) is 61.5 Å². The highest BCUT2D eigenvalue weighted by Gasteiger charge is 2.17. The summed E-state index contributed by atoms with van der Waals surface area (Å²) in [5.41, 5.74) is 4.21. The van der Waals surface area contributed by atoms with E-state index in [9.17, 15) is 8.42 Å².